The van der Waals surface area contributed by atoms with Crippen LogP contribution in [0.3, 0.4) is 0 Å². The molecule has 0 radical (unpaired) electrons. The number of carbonyl (C=O) groups excluding carboxylic acids is 1. The lowest BCUT2D eigenvalue weighted by atomic mass is 9.74. The highest BCUT2D eigenvalue weighted by Crippen LogP contribution is 2.53. The number of aryl methyl sites for hydroxylation is 1. The Bertz CT molecular complexity index is 2020. The molecule has 224 valence electrons. The fraction of sp³-hybridized carbons (Fsp3) is 0.419. The van der Waals surface area contributed by atoms with Crippen molar-refractivity contribution < 1.29 is 13.2 Å². The predicted octanol–water partition coefficient (Wildman–Crippen LogP) is 4.61. The van der Waals surface area contributed by atoms with Crippen LogP contribution in [0.2, 0.25) is 0 Å². The average Bonchev–Trinajstić information content (AvgIpc) is 3.72. The second-order valence-corrected chi connectivity index (χ2v) is 14.3. The molecule has 1 N–H and O–H groups in total. The van der Waals surface area contributed by atoms with E-state index in [1.165, 1.54) is 0 Å². The molecule has 6 heterocycles. The number of rotatable bonds is 5. The maximum atomic E-state index is 14.2. The molecule has 1 fully saturated rings. The van der Waals surface area contributed by atoms with Crippen molar-refractivity contribution in [2.24, 2.45) is 7.05 Å². The highest BCUT2D eigenvalue weighted by Gasteiger charge is 2.52. The van der Waals surface area contributed by atoms with Crippen LogP contribution in [-0.2, 0) is 27.3 Å². The maximum Gasteiger partial charge on any atom is 0.237 e. The Morgan fingerprint density at radius 2 is 1.86 bits per heavy atom. The summed E-state index contributed by atoms with van der Waals surface area (Å²) in [5.41, 5.74) is 6.30. The number of aromatic amines is 1. The molecule has 4 aromatic heterocycles. The van der Waals surface area contributed by atoms with Gasteiger partial charge in [-0.3, -0.25) is 14.2 Å². The minimum absolute atomic E-state index is 0.00316. The van der Waals surface area contributed by atoms with E-state index in [2.05, 4.69) is 47.2 Å². The number of anilines is 1. The van der Waals surface area contributed by atoms with E-state index in [1.807, 2.05) is 35.0 Å². The normalized spacial score (nSPS) is 19.8. The van der Waals surface area contributed by atoms with Gasteiger partial charge in [0.05, 0.1) is 46.7 Å². The van der Waals surface area contributed by atoms with Crippen molar-refractivity contribution in [1.82, 2.24) is 33.8 Å². The van der Waals surface area contributed by atoms with Gasteiger partial charge in [0.15, 0.2) is 0 Å². The van der Waals surface area contributed by atoms with Crippen LogP contribution in [0.15, 0.2) is 43.0 Å². The standard InChI is InChI=1S/C31H36N8O3S/c1-6-43(41,42)38-12-7-10-31(11-13-38)27-24(36(4)30(31)40)17-32-29-26(27)25(20-8-9-23-21(14-20)15-33-37(23)5)28(35-29)22-16-34-39(18-22)19(2)3/h8-9,14-19H,6-7,10-13H2,1-5H3,(H,32,35)/t31-/m1/s1. The number of sulfonamides is 1. The summed E-state index contributed by atoms with van der Waals surface area (Å²) < 4.78 is 31.1. The van der Waals surface area contributed by atoms with E-state index in [0.29, 0.717) is 38.0 Å². The lowest BCUT2D eigenvalue weighted by Crippen LogP contribution is -2.40. The van der Waals surface area contributed by atoms with E-state index in [0.717, 1.165) is 49.9 Å². The third-order valence-electron chi connectivity index (χ3n) is 9.37. The molecule has 12 heteroatoms. The second kappa shape index (κ2) is 9.75. The summed E-state index contributed by atoms with van der Waals surface area (Å²) >= 11 is 0. The van der Waals surface area contributed by atoms with E-state index >= 15 is 0 Å². The second-order valence-electron chi connectivity index (χ2n) is 12.1. The van der Waals surface area contributed by atoms with Gasteiger partial charge in [0.25, 0.3) is 0 Å². The van der Waals surface area contributed by atoms with Crippen LogP contribution >= 0.6 is 0 Å². The first-order valence-corrected chi connectivity index (χ1v) is 16.4. The number of benzene rings is 1. The van der Waals surface area contributed by atoms with Crippen molar-refractivity contribution in [3.05, 3.63) is 48.5 Å². The van der Waals surface area contributed by atoms with Gasteiger partial charge in [0.1, 0.15) is 5.65 Å². The number of fused-ring (bicyclic) bond motifs is 5. The maximum absolute atomic E-state index is 14.2. The number of carbonyl (C=O) groups is 1. The Hall–Kier alpha value is -4.03. The van der Waals surface area contributed by atoms with Crippen molar-refractivity contribution in [1.29, 1.82) is 0 Å². The molecule has 0 aliphatic carbocycles. The molecule has 2 aliphatic heterocycles. The highest BCUT2D eigenvalue weighted by atomic mass is 32.2. The van der Waals surface area contributed by atoms with Gasteiger partial charge in [0.2, 0.25) is 15.9 Å². The Balaban J connectivity index is 1.51. The smallest absolute Gasteiger partial charge is 0.237 e. The van der Waals surface area contributed by atoms with E-state index in [4.69, 9.17) is 4.98 Å². The first-order chi connectivity index (χ1) is 20.6. The summed E-state index contributed by atoms with van der Waals surface area (Å²) in [4.78, 5) is 24.4. The predicted molar refractivity (Wildman–Crippen MR) is 167 cm³/mol. The van der Waals surface area contributed by atoms with Crippen molar-refractivity contribution >= 4 is 43.6 Å². The minimum Gasteiger partial charge on any atom is -0.339 e. The molecule has 1 amide bonds. The van der Waals surface area contributed by atoms with Crippen LogP contribution < -0.4 is 4.90 Å². The fourth-order valence-electron chi connectivity index (χ4n) is 7.03. The van der Waals surface area contributed by atoms with Gasteiger partial charge < -0.3 is 9.88 Å². The number of likely N-dealkylation sites (N-methyl/N-ethyl adjacent to an activating group) is 1. The summed E-state index contributed by atoms with van der Waals surface area (Å²) in [7, 11) is 0.353. The minimum atomic E-state index is -3.38. The molecule has 1 spiro atoms. The monoisotopic (exact) mass is 600 g/mol. The van der Waals surface area contributed by atoms with Crippen LogP contribution in [0.1, 0.15) is 51.6 Å². The number of nitrogens with one attached hydrogen (secondary N) is 1. The van der Waals surface area contributed by atoms with Gasteiger partial charge in [-0.2, -0.15) is 10.2 Å². The van der Waals surface area contributed by atoms with E-state index < -0.39 is 15.4 Å². The third kappa shape index (κ3) is 4.06. The number of aromatic nitrogens is 6. The SMILES string of the molecule is CCS(=O)(=O)N1CCC[C@]2(CC1)C(=O)N(C)c1cnc3[nH]c(-c4cnn(C(C)C)c4)c(-c4ccc5c(cnn5C)c4)c3c12. The number of nitrogens with zero attached hydrogens (tertiary/aromatic N) is 7. The Morgan fingerprint density at radius 1 is 1.05 bits per heavy atom. The van der Waals surface area contributed by atoms with Crippen molar-refractivity contribution in [2.75, 3.05) is 30.8 Å². The molecule has 5 aromatic rings. The van der Waals surface area contributed by atoms with E-state index in [1.54, 1.807) is 29.4 Å². The number of H-pyrrole nitrogens is 1. The molecule has 7 rings (SSSR count). The summed E-state index contributed by atoms with van der Waals surface area (Å²) in [6, 6.07) is 6.49. The van der Waals surface area contributed by atoms with Crippen molar-refractivity contribution in [3.8, 4) is 22.4 Å². The summed E-state index contributed by atoms with van der Waals surface area (Å²) in [6.07, 6.45) is 9.11. The quantitative estimate of drug-likeness (QED) is 0.314. The Kier molecular flexibility index (Phi) is 6.30. The third-order valence-corrected chi connectivity index (χ3v) is 11.2. The highest BCUT2D eigenvalue weighted by molar-refractivity contribution is 7.89. The topological polar surface area (TPSA) is 122 Å². The van der Waals surface area contributed by atoms with E-state index in [9.17, 15) is 13.2 Å². The molecule has 0 unspecified atom stereocenters. The first-order valence-electron chi connectivity index (χ1n) is 14.8. The summed E-state index contributed by atoms with van der Waals surface area (Å²) in [5, 5.41) is 11.0. The lowest BCUT2D eigenvalue weighted by Gasteiger charge is -2.27. The molecule has 43 heavy (non-hydrogen) atoms. The van der Waals surface area contributed by atoms with Gasteiger partial charge in [0, 0.05) is 66.9 Å². The van der Waals surface area contributed by atoms with Gasteiger partial charge in [-0.05, 0) is 57.7 Å². The number of hydrogen-bond donors (Lipinski definition) is 1. The zero-order chi connectivity index (χ0) is 30.3. The number of hydrogen-bond acceptors (Lipinski definition) is 6. The molecular formula is C31H36N8O3S. The van der Waals surface area contributed by atoms with Crippen LogP contribution in [0.25, 0.3) is 44.3 Å². The molecule has 11 nitrogen and oxygen atoms in total. The molecule has 0 bridgehead atoms. The average molecular weight is 601 g/mol. The van der Waals surface area contributed by atoms with Crippen LogP contribution in [0.5, 0.6) is 0 Å². The van der Waals surface area contributed by atoms with Gasteiger partial charge in [-0.15, -0.1) is 0 Å². The first kappa shape index (κ1) is 27.8. The lowest BCUT2D eigenvalue weighted by molar-refractivity contribution is -0.123. The molecular weight excluding hydrogens is 564 g/mol. The zero-order valence-electron chi connectivity index (χ0n) is 25.1. The molecule has 1 saturated heterocycles. The van der Waals surface area contributed by atoms with Gasteiger partial charge >= 0.3 is 0 Å². The van der Waals surface area contributed by atoms with Crippen molar-refractivity contribution in [2.45, 2.75) is 51.5 Å². The number of pyridine rings is 1. The molecule has 1 atom stereocenters. The van der Waals surface area contributed by atoms with Crippen LogP contribution in [0, 0.1) is 0 Å². The van der Waals surface area contributed by atoms with Crippen LogP contribution in [0.4, 0.5) is 5.69 Å². The fourth-order valence-corrected chi connectivity index (χ4v) is 8.17. The largest absolute Gasteiger partial charge is 0.339 e. The van der Waals surface area contributed by atoms with Gasteiger partial charge in [-0.1, -0.05) is 6.07 Å². The van der Waals surface area contributed by atoms with Crippen LogP contribution in [-0.4, -0.2) is 74.0 Å². The van der Waals surface area contributed by atoms with Crippen molar-refractivity contribution in [3.63, 3.8) is 0 Å². The van der Waals surface area contributed by atoms with E-state index in [-0.39, 0.29) is 17.7 Å². The van der Waals surface area contributed by atoms with Gasteiger partial charge in [-0.25, -0.2) is 17.7 Å². The Labute approximate surface area is 250 Å². The molecule has 1 aromatic carbocycles. The molecule has 2 aliphatic rings. The summed E-state index contributed by atoms with van der Waals surface area (Å²) in [6.45, 7) is 6.56. The number of amides is 1. The zero-order valence-corrected chi connectivity index (χ0v) is 25.9. The molecule has 0 saturated carbocycles. The Morgan fingerprint density at radius 3 is 2.60 bits per heavy atom. The summed E-state index contributed by atoms with van der Waals surface area (Å²) in [5.74, 6) is 0.0433.